The van der Waals surface area contributed by atoms with E-state index >= 15 is 0 Å². The summed E-state index contributed by atoms with van der Waals surface area (Å²) in [4.78, 5) is 0. The third-order valence-corrected chi connectivity index (χ3v) is 4.47. The molecule has 1 aliphatic heterocycles. The van der Waals surface area contributed by atoms with Gasteiger partial charge in [-0.25, -0.2) is 4.68 Å². The van der Waals surface area contributed by atoms with Gasteiger partial charge in [0, 0.05) is 13.1 Å². The minimum atomic E-state index is 0.267. The first-order valence-electron chi connectivity index (χ1n) is 7.33. The first kappa shape index (κ1) is 11.9. The molecule has 0 radical (unpaired) electrons. The highest BCUT2D eigenvalue weighted by Crippen LogP contribution is 2.38. The Balaban J connectivity index is 1.91. The van der Waals surface area contributed by atoms with Gasteiger partial charge in [-0.2, -0.15) is 5.10 Å². The third-order valence-electron chi connectivity index (χ3n) is 4.47. The topological polar surface area (TPSA) is 41.9 Å². The smallest absolute Gasteiger partial charge is 0.148 e. The van der Waals surface area contributed by atoms with Crippen molar-refractivity contribution in [2.75, 3.05) is 17.2 Å². The van der Waals surface area contributed by atoms with Crippen LogP contribution in [-0.4, -0.2) is 21.9 Å². The molecule has 0 unspecified atom stereocenters. The molecule has 0 aromatic carbocycles. The Morgan fingerprint density at radius 2 is 1.94 bits per heavy atom. The van der Waals surface area contributed by atoms with Crippen LogP contribution in [0.15, 0.2) is 0 Å². The SMILES string of the molecule is CCn1nc(C)c2c1NC1(CCCCCC1)CN2. The van der Waals surface area contributed by atoms with Crippen molar-refractivity contribution in [1.82, 2.24) is 9.78 Å². The van der Waals surface area contributed by atoms with Crippen molar-refractivity contribution >= 4 is 11.5 Å². The number of fused-ring (bicyclic) bond motifs is 1. The molecule has 2 aliphatic rings. The molecular formula is C14H24N4. The van der Waals surface area contributed by atoms with E-state index in [1.807, 2.05) is 0 Å². The quantitative estimate of drug-likeness (QED) is 0.802. The summed E-state index contributed by atoms with van der Waals surface area (Å²) in [7, 11) is 0. The Hall–Kier alpha value is -1.19. The molecule has 1 fully saturated rings. The Labute approximate surface area is 109 Å². The predicted molar refractivity (Wildman–Crippen MR) is 75.2 cm³/mol. The van der Waals surface area contributed by atoms with Crippen molar-refractivity contribution in [1.29, 1.82) is 0 Å². The largest absolute Gasteiger partial charge is 0.378 e. The fourth-order valence-electron chi connectivity index (χ4n) is 3.41. The minimum absolute atomic E-state index is 0.267. The highest BCUT2D eigenvalue weighted by atomic mass is 15.4. The third kappa shape index (κ3) is 1.88. The van der Waals surface area contributed by atoms with Gasteiger partial charge in [0.25, 0.3) is 0 Å². The average molecular weight is 248 g/mol. The number of aryl methyl sites for hydroxylation is 2. The van der Waals surface area contributed by atoms with E-state index in [1.165, 1.54) is 50.0 Å². The van der Waals surface area contributed by atoms with Gasteiger partial charge in [-0.1, -0.05) is 25.7 Å². The number of nitrogens with zero attached hydrogens (tertiary/aromatic N) is 2. The van der Waals surface area contributed by atoms with Crippen LogP contribution in [0.5, 0.6) is 0 Å². The molecule has 1 aromatic rings. The summed E-state index contributed by atoms with van der Waals surface area (Å²) >= 11 is 0. The first-order valence-corrected chi connectivity index (χ1v) is 7.33. The Morgan fingerprint density at radius 1 is 1.22 bits per heavy atom. The summed E-state index contributed by atoms with van der Waals surface area (Å²) < 4.78 is 2.10. The minimum Gasteiger partial charge on any atom is -0.378 e. The van der Waals surface area contributed by atoms with Crippen LogP contribution in [0.25, 0.3) is 0 Å². The van der Waals surface area contributed by atoms with Gasteiger partial charge in [-0.15, -0.1) is 0 Å². The van der Waals surface area contributed by atoms with E-state index in [2.05, 4.69) is 34.3 Å². The summed E-state index contributed by atoms with van der Waals surface area (Å²) in [6.45, 7) is 6.23. The van der Waals surface area contributed by atoms with Crippen LogP contribution < -0.4 is 10.6 Å². The molecule has 1 aromatic heterocycles. The number of anilines is 2. The number of hydrogen-bond donors (Lipinski definition) is 2. The second kappa shape index (κ2) is 4.48. The zero-order chi connectivity index (χ0) is 12.6. The predicted octanol–water partition coefficient (Wildman–Crippen LogP) is 3.14. The summed E-state index contributed by atoms with van der Waals surface area (Å²) in [6, 6.07) is 0. The Morgan fingerprint density at radius 3 is 2.61 bits per heavy atom. The van der Waals surface area contributed by atoms with Crippen molar-refractivity contribution in [3.8, 4) is 0 Å². The van der Waals surface area contributed by atoms with Crippen molar-refractivity contribution < 1.29 is 0 Å². The normalized spacial score (nSPS) is 21.9. The molecule has 2 heterocycles. The second-order valence-electron chi connectivity index (χ2n) is 5.80. The molecule has 1 spiro atoms. The zero-order valence-electron chi connectivity index (χ0n) is 11.6. The Bertz CT molecular complexity index is 427. The summed E-state index contributed by atoms with van der Waals surface area (Å²) in [5, 5.41) is 12.1. The van der Waals surface area contributed by atoms with Crippen LogP contribution in [0, 0.1) is 6.92 Å². The summed E-state index contributed by atoms with van der Waals surface area (Å²) in [6.07, 6.45) is 8.05. The van der Waals surface area contributed by atoms with Crippen LogP contribution in [-0.2, 0) is 6.54 Å². The number of hydrogen-bond acceptors (Lipinski definition) is 3. The second-order valence-corrected chi connectivity index (χ2v) is 5.80. The zero-order valence-corrected chi connectivity index (χ0v) is 11.6. The molecule has 1 aliphatic carbocycles. The molecule has 0 amide bonds. The van der Waals surface area contributed by atoms with Crippen LogP contribution >= 0.6 is 0 Å². The van der Waals surface area contributed by atoms with Gasteiger partial charge >= 0.3 is 0 Å². The number of rotatable bonds is 1. The van der Waals surface area contributed by atoms with Gasteiger partial charge in [0.15, 0.2) is 0 Å². The molecule has 2 N–H and O–H groups in total. The van der Waals surface area contributed by atoms with E-state index in [0.29, 0.717) is 0 Å². The van der Waals surface area contributed by atoms with E-state index < -0.39 is 0 Å². The van der Waals surface area contributed by atoms with Crippen molar-refractivity contribution in [2.45, 2.75) is 64.5 Å². The van der Waals surface area contributed by atoms with Crippen LogP contribution in [0.3, 0.4) is 0 Å². The molecule has 18 heavy (non-hydrogen) atoms. The lowest BCUT2D eigenvalue weighted by atomic mass is 9.88. The highest BCUT2D eigenvalue weighted by molar-refractivity contribution is 5.71. The van der Waals surface area contributed by atoms with Gasteiger partial charge in [-0.05, 0) is 26.7 Å². The highest BCUT2D eigenvalue weighted by Gasteiger charge is 2.36. The molecule has 0 bridgehead atoms. The molecule has 0 saturated heterocycles. The lowest BCUT2D eigenvalue weighted by molar-refractivity contribution is 0.417. The standard InChI is InChI=1S/C14H24N4/c1-3-18-13-12(11(2)17-18)15-10-14(16-13)8-6-4-5-7-9-14/h15-16H,3-10H2,1-2H3. The van der Waals surface area contributed by atoms with Gasteiger partial charge < -0.3 is 10.6 Å². The first-order chi connectivity index (χ1) is 8.74. The molecule has 3 rings (SSSR count). The average Bonchev–Trinajstić information content (AvgIpc) is 2.55. The van der Waals surface area contributed by atoms with Crippen LogP contribution in [0.2, 0.25) is 0 Å². The lowest BCUT2D eigenvalue weighted by Crippen LogP contribution is -2.47. The van der Waals surface area contributed by atoms with Crippen LogP contribution in [0.4, 0.5) is 11.5 Å². The summed E-state index contributed by atoms with van der Waals surface area (Å²) in [5.74, 6) is 1.21. The van der Waals surface area contributed by atoms with Crippen molar-refractivity contribution in [3.05, 3.63) is 5.69 Å². The molecule has 4 nitrogen and oxygen atoms in total. The lowest BCUT2D eigenvalue weighted by Gasteiger charge is -2.39. The van der Waals surface area contributed by atoms with Gasteiger partial charge in [-0.3, -0.25) is 0 Å². The maximum atomic E-state index is 4.60. The molecule has 1 saturated carbocycles. The van der Waals surface area contributed by atoms with E-state index in [4.69, 9.17) is 0 Å². The fraction of sp³-hybridized carbons (Fsp3) is 0.786. The molecule has 0 atom stereocenters. The van der Waals surface area contributed by atoms with Gasteiger partial charge in [0.1, 0.15) is 11.5 Å². The van der Waals surface area contributed by atoms with E-state index in [9.17, 15) is 0 Å². The van der Waals surface area contributed by atoms with E-state index in [-0.39, 0.29) is 5.54 Å². The number of aromatic nitrogens is 2. The van der Waals surface area contributed by atoms with Gasteiger partial charge in [0.2, 0.25) is 0 Å². The molecular weight excluding hydrogens is 224 g/mol. The van der Waals surface area contributed by atoms with Crippen LogP contribution in [0.1, 0.15) is 51.1 Å². The van der Waals surface area contributed by atoms with E-state index in [0.717, 1.165) is 18.8 Å². The summed E-state index contributed by atoms with van der Waals surface area (Å²) in [5.41, 5.74) is 2.60. The number of nitrogens with one attached hydrogen (secondary N) is 2. The molecule has 100 valence electrons. The maximum absolute atomic E-state index is 4.60. The van der Waals surface area contributed by atoms with Gasteiger partial charge in [0.05, 0.1) is 11.2 Å². The fourth-order valence-corrected chi connectivity index (χ4v) is 3.41. The monoisotopic (exact) mass is 248 g/mol. The Kier molecular flexibility index (Phi) is 2.96. The van der Waals surface area contributed by atoms with Crippen molar-refractivity contribution in [2.24, 2.45) is 0 Å². The van der Waals surface area contributed by atoms with Crippen molar-refractivity contribution in [3.63, 3.8) is 0 Å². The molecule has 4 heteroatoms. The maximum Gasteiger partial charge on any atom is 0.148 e. The van der Waals surface area contributed by atoms with E-state index in [1.54, 1.807) is 0 Å².